The van der Waals surface area contributed by atoms with E-state index in [1.54, 1.807) is 4.57 Å². The lowest BCUT2D eigenvalue weighted by atomic mass is 10.1. The van der Waals surface area contributed by atoms with Crippen LogP contribution in [0.1, 0.15) is 19.0 Å². The number of anilines is 1. The van der Waals surface area contributed by atoms with Crippen molar-refractivity contribution in [3.8, 4) is 0 Å². The fourth-order valence-corrected chi connectivity index (χ4v) is 2.58. The highest BCUT2D eigenvalue weighted by molar-refractivity contribution is 5.81. The van der Waals surface area contributed by atoms with Gasteiger partial charge in [0.2, 0.25) is 0 Å². The molecule has 2 aromatic rings. The van der Waals surface area contributed by atoms with Gasteiger partial charge in [-0.2, -0.15) is 0 Å². The van der Waals surface area contributed by atoms with E-state index in [0.29, 0.717) is 23.4 Å². The zero-order valence-electron chi connectivity index (χ0n) is 11.4. The van der Waals surface area contributed by atoms with Crippen molar-refractivity contribution < 1.29 is 20.1 Å². The molecule has 3 rings (SSSR count). The molecular formula is C12H17N5O4. The molecule has 4 unspecified atom stereocenters. The standard InChI is InChI=1S/C12H17N5O4/c1-2-6-16-7-10(13)14-4-15-11(7)17(6)12-9(20)8(19)5(3-18)21-12/h4-5,8-9,12,18-20H,2-3H2,1H3,(H2,13,14,15). The summed E-state index contributed by atoms with van der Waals surface area (Å²) in [4.78, 5) is 12.4. The van der Waals surface area contributed by atoms with Gasteiger partial charge in [0.1, 0.15) is 30.5 Å². The Balaban J connectivity index is 2.14. The lowest BCUT2D eigenvalue weighted by molar-refractivity contribution is -0.0522. The predicted octanol–water partition coefficient (Wildman–Crippen LogP) is -1.42. The number of aliphatic hydroxyl groups is 3. The average molecular weight is 295 g/mol. The molecule has 0 radical (unpaired) electrons. The predicted molar refractivity (Wildman–Crippen MR) is 72.1 cm³/mol. The van der Waals surface area contributed by atoms with E-state index in [2.05, 4.69) is 15.0 Å². The van der Waals surface area contributed by atoms with Crippen molar-refractivity contribution in [1.82, 2.24) is 19.5 Å². The largest absolute Gasteiger partial charge is 0.394 e. The minimum absolute atomic E-state index is 0.236. The molecule has 21 heavy (non-hydrogen) atoms. The Morgan fingerprint density at radius 1 is 1.33 bits per heavy atom. The third-order valence-electron chi connectivity index (χ3n) is 3.67. The summed E-state index contributed by atoms with van der Waals surface area (Å²) in [5.74, 6) is 0.840. The normalized spacial score (nSPS) is 29.3. The van der Waals surface area contributed by atoms with Gasteiger partial charge in [-0.15, -0.1) is 0 Å². The lowest BCUT2D eigenvalue weighted by Gasteiger charge is -2.18. The van der Waals surface area contributed by atoms with Gasteiger partial charge in [0.25, 0.3) is 0 Å². The highest BCUT2D eigenvalue weighted by atomic mass is 16.6. The Morgan fingerprint density at radius 2 is 2.10 bits per heavy atom. The number of fused-ring (bicyclic) bond motifs is 1. The summed E-state index contributed by atoms with van der Waals surface area (Å²) in [6.45, 7) is 1.50. The molecule has 0 saturated carbocycles. The van der Waals surface area contributed by atoms with Gasteiger partial charge in [-0.3, -0.25) is 4.57 Å². The van der Waals surface area contributed by atoms with E-state index in [0.717, 1.165) is 0 Å². The Bertz CT molecular complexity index is 660. The fourth-order valence-electron chi connectivity index (χ4n) is 2.58. The maximum Gasteiger partial charge on any atom is 0.167 e. The molecule has 3 heterocycles. The molecule has 114 valence electrons. The highest BCUT2D eigenvalue weighted by Gasteiger charge is 2.44. The third kappa shape index (κ3) is 2.05. The van der Waals surface area contributed by atoms with Gasteiger partial charge in [-0.05, 0) is 0 Å². The fraction of sp³-hybridized carbons (Fsp3) is 0.583. The highest BCUT2D eigenvalue weighted by Crippen LogP contribution is 2.33. The topological polar surface area (TPSA) is 140 Å². The molecule has 9 heteroatoms. The molecule has 0 amide bonds. The van der Waals surface area contributed by atoms with Crippen molar-refractivity contribution >= 4 is 17.0 Å². The molecule has 9 nitrogen and oxygen atoms in total. The van der Waals surface area contributed by atoms with Crippen LogP contribution in [-0.2, 0) is 11.2 Å². The van der Waals surface area contributed by atoms with Gasteiger partial charge in [0, 0.05) is 6.42 Å². The molecule has 1 saturated heterocycles. The van der Waals surface area contributed by atoms with Gasteiger partial charge >= 0.3 is 0 Å². The summed E-state index contributed by atoms with van der Waals surface area (Å²) in [6.07, 6.45) is -2.25. The Morgan fingerprint density at radius 3 is 2.71 bits per heavy atom. The van der Waals surface area contributed by atoms with Crippen LogP contribution in [0, 0.1) is 0 Å². The zero-order chi connectivity index (χ0) is 15.1. The van der Waals surface area contributed by atoms with E-state index in [-0.39, 0.29) is 12.4 Å². The first-order chi connectivity index (χ1) is 10.1. The summed E-state index contributed by atoms with van der Waals surface area (Å²) in [6, 6.07) is 0. The number of ether oxygens (including phenoxy) is 1. The second-order valence-electron chi connectivity index (χ2n) is 4.91. The lowest BCUT2D eigenvalue weighted by Crippen LogP contribution is -2.33. The quantitative estimate of drug-likeness (QED) is 0.541. The first kappa shape index (κ1) is 14.1. The van der Waals surface area contributed by atoms with Crippen LogP contribution in [-0.4, -0.2) is 59.8 Å². The molecule has 5 N–H and O–H groups in total. The van der Waals surface area contributed by atoms with E-state index >= 15 is 0 Å². The van der Waals surface area contributed by atoms with Gasteiger partial charge in [-0.25, -0.2) is 15.0 Å². The number of nitrogens with zero attached hydrogens (tertiary/aromatic N) is 4. The number of nitrogens with two attached hydrogens (primary N) is 1. The number of imidazole rings is 1. The van der Waals surface area contributed by atoms with Crippen LogP contribution >= 0.6 is 0 Å². The summed E-state index contributed by atoms with van der Waals surface area (Å²) >= 11 is 0. The number of rotatable bonds is 3. The van der Waals surface area contributed by atoms with Crippen molar-refractivity contribution in [3.63, 3.8) is 0 Å². The molecule has 1 fully saturated rings. The summed E-state index contributed by atoms with van der Waals surface area (Å²) in [7, 11) is 0. The molecule has 4 atom stereocenters. The van der Waals surface area contributed by atoms with Crippen LogP contribution in [0.2, 0.25) is 0 Å². The summed E-state index contributed by atoms with van der Waals surface area (Å²) in [5.41, 5.74) is 6.64. The summed E-state index contributed by atoms with van der Waals surface area (Å²) < 4.78 is 7.14. The van der Waals surface area contributed by atoms with E-state index < -0.39 is 24.5 Å². The van der Waals surface area contributed by atoms with Crippen LogP contribution in [0.5, 0.6) is 0 Å². The van der Waals surface area contributed by atoms with Crippen molar-refractivity contribution in [1.29, 1.82) is 0 Å². The van der Waals surface area contributed by atoms with E-state index in [9.17, 15) is 15.3 Å². The second kappa shape index (κ2) is 5.19. The molecule has 1 aliphatic heterocycles. The van der Waals surface area contributed by atoms with E-state index in [4.69, 9.17) is 10.5 Å². The molecule has 0 aromatic carbocycles. The number of aliphatic hydroxyl groups excluding tert-OH is 3. The van der Waals surface area contributed by atoms with Crippen LogP contribution in [0.25, 0.3) is 11.2 Å². The SMILES string of the molecule is CCc1nc2c(N)ncnc2n1C1OC(CO)C(O)C1O. The molecule has 0 bridgehead atoms. The Kier molecular flexibility index (Phi) is 3.49. The smallest absolute Gasteiger partial charge is 0.167 e. The van der Waals surface area contributed by atoms with Gasteiger partial charge in [0.05, 0.1) is 6.61 Å². The van der Waals surface area contributed by atoms with Crippen LogP contribution in [0.15, 0.2) is 6.33 Å². The Hall–Kier alpha value is -1.81. The van der Waals surface area contributed by atoms with Crippen LogP contribution in [0.4, 0.5) is 5.82 Å². The maximum atomic E-state index is 10.2. The van der Waals surface area contributed by atoms with E-state index in [1.807, 2.05) is 6.92 Å². The monoisotopic (exact) mass is 295 g/mol. The second-order valence-corrected chi connectivity index (χ2v) is 4.91. The zero-order valence-corrected chi connectivity index (χ0v) is 11.4. The summed E-state index contributed by atoms with van der Waals surface area (Å²) in [5, 5.41) is 29.2. The Labute approximate surface area is 120 Å². The molecule has 2 aromatic heterocycles. The van der Waals surface area contributed by atoms with E-state index in [1.165, 1.54) is 6.33 Å². The van der Waals surface area contributed by atoms with Gasteiger partial charge in [-0.1, -0.05) is 6.92 Å². The minimum Gasteiger partial charge on any atom is -0.394 e. The van der Waals surface area contributed by atoms with Gasteiger partial charge < -0.3 is 25.8 Å². The number of aryl methyl sites for hydroxylation is 1. The molecule has 0 aliphatic carbocycles. The molecule has 0 spiro atoms. The number of hydrogen-bond donors (Lipinski definition) is 4. The van der Waals surface area contributed by atoms with Crippen molar-refractivity contribution in [2.45, 2.75) is 37.9 Å². The first-order valence-electron chi connectivity index (χ1n) is 6.68. The van der Waals surface area contributed by atoms with Gasteiger partial charge in [0.15, 0.2) is 23.2 Å². The van der Waals surface area contributed by atoms with Crippen molar-refractivity contribution in [2.24, 2.45) is 0 Å². The minimum atomic E-state index is -1.19. The maximum absolute atomic E-state index is 10.2. The van der Waals surface area contributed by atoms with Crippen LogP contribution in [0.3, 0.4) is 0 Å². The van der Waals surface area contributed by atoms with Crippen LogP contribution < -0.4 is 5.73 Å². The number of hydrogen-bond acceptors (Lipinski definition) is 8. The van der Waals surface area contributed by atoms with Crippen molar-refractivity contribution in [3.05, 3.63) is 12.2 Å². The number of nitrogen functional groups attached to an aromatic ring is 1. The molecular weight excluding hydrogens is 278 g/mol. The first-order valence-corrected chi connectivity index (χ1v) is 6.68. The average Bonchev–Trinajstić information content (AvgIpc) is 2.99. The number of aromatic nitrogens is 4. The third-order valence-corrected chi connectivity index (χ3v) is 3.67. The van der Waals surface area contributed by atoms with Crippen molar-refractivity contribution in [2.75, 3.05) is 12.3 Å². The molecule has 1 aliphatic rings.